The lowest BCUT2D eigenvalue weighted by atomic mass is 10.2. The van der Waals surface area contributed by atoms with Crippen molar-refractivity contribution in [1.82, 2.24) is 4.98 Å². The lowest BCUT2D eigenvalue weighted by molar-refractivity contribution is 0.0690. The molecule has 1 aliphatic rings. The van der Waals surface area contributed by atoms with Crippen LogP contribution in [-0.2, 0) is 4.74 Å². The fourth-order valence-electron chi connectivity index (χ4n) is 2.09. The number of hydrogen-bond acceptors (Lipinski definition) is 5. The molecule has 100 valence electrons. The standard InChI is InChI=1S/C12H18N2O3S/c1-3-14(7-9-5-4-6-17-9)12-13-10(11(15)16)8(2)18-12/h9H,3-7H2,1-2H3,(H,15,16). The van der Waals surface area contributed by atoms with Crippen molar-refractivity contribution < 1.29 is 14.6 Å². The summed E-state index contributed by atoms with van der Waals surface area (Å²) in [6.45, 7) is 6.28. The summed E-state index contributed by atoms with van der Waals surface area (Å²) in [6.07, 6.45) is 2.44. The SMILES string of the molecule is CCN(CC1CCCO1)c1nc(C(=O)O)c(C)s1. The zero-order chi connectivity index (χ0) is 13.1. The largest absolute Gasteiger partial charge is 0.476 e. The first-order chi connectivity index (χ1) is 8.61. The molecule has 1 atom stereocenters. The number of carboxylic acids is 1. The molecule has 1 fully saturated rings. The molecular formula is C12H18N2O3S. The Morgan fingerprint density at radius 2 is 2.44 bits per heavy atom. The Hall–Kier alpha value is -1.14. The van der Waals surface area contributed by atoms with Gasteiger partial charge in [0.15, 0.2) is 10.8 Å². The molecule has 0 saturated carbocycles. The molecule has 2 rings (SSSR count). The molecule has 0 amide bonds. The number of aryl methyl sites for hydroxylation is 1. The summed E-state index contributed by atoms with van der Waals surface area (Å²) in [7, 11) is 0. The summed E-state index contributed by atoms with van der Waals surface area (Å²) in [5.74, 6) is -0.955. The lowest BCUT2D eigenvalue weighted by Crippen LogP contribution is -2.32. The van der Waals surface area contributed by atoms with Gasteiger partial charge in [0, 0.05) is 24.6 Å². The first kappa shape index (κ1) is 13.3. The van der Waals surface area contributed by atoms with Crippen LogP contribution < -0.4 is 4.90 Å². The van der Waals surface area contributed by atoms with E-state index in [2.05, 4.69) is 9.88 Å². The van der Waals surface area contributed by atoms with E-state index in [0.29, 0.717) is 0 Å². The third kappa shape index (κ3) is 2.81. The number of likely N-dealkylation sites (N-methyl/N-ethyl adjacent to an activating group) is 1. The molecule has 0 aromatic carbocycles. The van der Waals surface area contributed by atoms with Gasteiger partial charge >= 0.3 is 5.97 Å². The van der Waals surface area contributed by atoms with E-state index < -0.39 is 5.97 Å². The quantitative estimate of drug-likeness (QED) is 0.888. The van der Waals surface area contributed by atoms with E-state index in [-0.39, 0.29) is 11.8 Å². The molecule has 0 aliphatic carbocycles. The third-order valence-electron chi connectivity index (χ3n) is 3.09. The number of nitrogens with zero attached hydrogens (tertiary/aromatic N) is 2. The van der Waals surface area contributed by atoms with Gasteiger partial charge in [0.2, 0.25) is 0 Å². The fourth-order valence-corrected chi connectivity index (χ4v) is 3.07. The summed E-state index contributed by atoms with van der Waals surface area (Å²) in [5, 5.41) is 9.80. The van der Waals surface area contributed by atoms with Crippen LogP contribution in [0.4, 0.5) is 5.13 Å². The number of carboxylic acid groups (broad SMARTS) is 1. The van der Waals surface area contributed by atoms with Gasteiger partial charge in [-0.15, -0.1) is 11.3 Å². The van der Waals surface area contributed by atoms with Crippen molar-refractivity contribution >= 4 is 22.4 Å². The number of aromatic carboxylic acids is 1. The predicted molar refractivity (Wildman–Crippen MR) is 70.7 cm³/mol. The van der Waals surface area contributed by atoms with Crippen molar-refractivity contribution in [3.63, 3.8) is 0 Å². The number of aromatic nitrogens is 1. The van der Waals surface area contributed by atoms with Crippen LogP contribution in [0.2, 0.25) is 0 Å². The van der Waals surface area contributed by atoms with E-state index in [0.717, 1.165) is 42.5 Å². The predicted octanol–water partition coefficient (Wildman–Crippen LogP) is 2.16. The van der Waals surface area contributed by atoms with Gasteiger partial charge in [-0.2, -0.15) is 0 Å². The van der Waals surface area contributed by atoms with E-state index in [9.17, 15) is 4.79 Å². The highest BCUT2D eigenvalue weighted by Crippen LogP contribution is 2.27. The van der Waals surface area contributed by atoms with Crippen molar-refractivity contribution in [1.29, 1.82) is 0 Å². The van der Waals surface area contributed by atoms with Gasteiger partial charge < -0.3 is 14.7 Å². The maximum Gasteiger partial charge on any atom is 0.355 e. The van der Waals surface area contributed by atoms with Crippen LogP contribution in [0.1, 0.15) is 35.1 Å². The Morgan fingerprint density at radius 1 is 1.67 bits per heavy atom. The summed E-state index contributed by atoms with van der Waals surface area (Å²) < 4.78 is 5.61. The van der Waals surface area contributed by atoms with E-state index in [4.69, 9.17) is 9.84 Å². The number of ether oxygens (including phenoxy) is 1. The second-order valence-corrected chi connectivity index (χ2v) is 5.56. The average Bonchev–Trinajstić information content (AvgIpc) is 2.94. The lowest BCUT2D eigenvalue weighted by Gasteiger charge is -2.23. The second-order valence-electron chi connectivity index (χ2n) is 4.38. The summed E-state index contributed by atoms with van der Waals surface area (Å²) >= 11 is 1.44. The Labute approximate surface area is 110 Å². The monoisotopic (exact) mass is 270 g/mol. The van der Waals surface area contributed by atoms with Crippen LogP contribution in [0.3, 0.4) is 0 Å². The van der Waals surface area contributed by atoms with Crippen molar-refractivity contribution in [3.05, 3.63) is 10.6 Å². The van der Waals surface area contributed by atoms with Crippen LogP contribution >= 0.6 is 11.3 Å². The van der Waals surface area contributed by atoms with Crippen LogP contribution in [0.25, 0.3) is 0 Å². The van der Waals surface area contributed by atoms with Crippen LogP contribution in [0.15, 0.2) is 0 Å². The second kappa shape index (κ2) is 5.67. The minimum Gasteiger partial charge on any atom is -0.476 e. The first-order valence-corrected chi connectivity index (χ1v) is 7.00. The zero-order valence-electron chi connectivity index (χ0n) is 10.7. The maximum absolute atomic E-state index is 11.0. The maximum atomic E-state index is 11.0. The van der Waals surface area contributed by atoms with Gasteiger partial charge in [-0.1, -0.05) is 0 Å². The van der Waals surface area contributed by atoms with Gasteiger partial charge in [0.1, 0.15) is 0 Å². The Balaban J connectivity index is 2.11. The minimum atomic E-state index is -0.955. The Morgan fingerprint density at radius 3 is 2.94 bits per heavy atom. The Bertz CT molecular complexity index is 427. The van der Waals surface area contributed by atoms with Gasteiger partial charge in [-0.3, -0.25) is 0 Å². The van der Waals surface area contributed by atoms with Crippen LogP contribution in [0, 0.1) is 6.92 Å². The van der Waals surface area contributed by atoms with E-state index >= 15 is 0 Å². The molecule has 0 spiro atoms. The zero-order valence-corrected chi connectivity index (χ0v) is 11.5. The highest BCUT2D eigenvalue weighted by molar-refractivity contribution is 7.15. The summed E-state index contributed by atoms with van der Waals surface area (Å²) in [5.41, 5.74) is 0.167. The van der Waals surface area contributed by atoms with Gasteiger partial charge in [0.25, 0.3) is 0 Å². The molecule has 1 aliphatic heterocycles. The average molecular weight is 270 g/mol. The molecule has 1 aromatic heterocycles. The molecule has 0 radical (unpaired) electrons. The molecule has 6 heteroatoms. The van der Waals surface area contributed by atoms with Gasteiger partial charge in [0.05, 0.1) is 6.10 Å². The molecular weight excluding hydrogens is 252 g/mol. The number of anilines is 1. The van der Waals surface area contributed by atoms with Crippen LogP contribution in [0.5, 0.6) is 0 Å². The number of thiazole rings is 1. The van der Waals surface area contributed by atoms with E-state index in [1.54, 1.807) is 6.92 Å². The smallest absolute Gasteiger partial charge is 0.355 e. The summed E-state index contributed by atoms with van der Waals surface area (Å²) in [4.78, 5) is 18.1. The number of rotatable bonds is 5. The molecule has 5 nitrogen and oxygen atoms in total. The van der Waals surface area contributed by atoms with Gasteiger partial charge in [-0.05, 0) is 26.7 Å². The summed E-state index contributed by atoms with van der Waals surface area (Å²) in [6, 6.07) is 0. The topological polar surface area (TPSA) is 62.7 Å². The normalized spacial score (nSPS) is 19.1. The molecule has 1 unspecified atom stereocenters. The highest BCUT2D eigenvalue weighted by Gasteiger charge is 2.22. The number of hydrogen-bond donors (Lipinski definition) is 1. The first-order valence-electron chi connectivity index (χ1n) is 6.19. The van der Waals surface area contributed by atoms with Crippen molar-refractivity contribution in [2.24, 2.45) is 0 Å². The van der Waals surface area contributed by atoms with Crippen LogP contribution in [-0.4, -0.2) is 41.9 Å². The number of carbonyl (C=O) groups is 1. The highest BCUT2D eigenvalue weighted by atomic mass is 32.1. The molecule has 2 heterocycles. The van der Waals surface area contributed by atoms with Crippen molar-refractivity contribution in [2.75, 3.05) is 24.6 Å². The van der Waals surface area contributed by atoms with Crippen molar-refractivity contribution in [3.8, 4) is 0 Å². The Kier molecular flexibility index (Phi) is 4.19. The van der Waals surface area contributed by atoms with E-state index in [1.165, 1.54) is 11.3 Å². The molecule has 1 saturated heterocycles. The molecule has 0 bridgehead atoms. The molecule has 1 aromatic rings. The fraction of sp³-hybridized carbons (Fsp3) is 0.667. The van der Waals surface area contributed by atoms with E-state index in [1.807, 2.05) is 6.92 Å². The molecule has 18 heavy (non-hydrogen) atoms. The third-order valence-corrected chi connectivity index (χ3v) is 4.12. The van der Waals surface area contributed by atoms with Gasteiger partial charge in [-0.25, -0.2) is 9.78 Å². The van der Waals surface area contributed by atoms with Crippen molar-refractivity contribution in [2.45, 2.75) is 32.8 Å². The minimum absolute atomic E-state index is 0.167. The molecule has 1 N–H and O–H groups in total.